The van der Waals surface area contributed by atoms with Crippen molar-refractivity contribution in [2.45, 2.75) is 13.3 Å². The Morgan fingerprint density at radius 1 is 1.38 bits per heavy atom. The predicted molar refractivity (Wildman–Crippen MR) is 61.6 cm³/mol. The number of hydrogen-bond donors (Lipinski definition) is 0. The maximum absolute atomic E-state index is 11.8. The molecule has 0 N–H and O–H groups in total. The summed E-state index contributed by atoms with van der Waals surface area (Å²) in [5.74, 6) is -0.0234. The van der Waals surface area contributed by atoms with Gasteiger partial charge in [0, 0.05) is 18.0 Å². The Morgan fingerprint density at radius 2 is 2.12 bits per heavy atom. The minimum Gasteiger partial charge on any atom is -0.274 e. The Bertz CT molecular complexity index is 457. The number of aromatic nitrogens is 3. The molecule has 0 aliphatic rings. The molecule has 82 valence electrons. The molecule has 2 aromatic rings. The summed E-state index contributed by atoms with van der Waals surface area (Å²) in [6.45, 7) is 1.81. The van der Waals surface area contributed by atoms with Crippen molar-refractivity contribution in [2.24, 2.45) is 0 Å². The summed E-state index contributed by atoms with van der Waals surface area (Å²) >= 11 is 1.10. The van der Waals surface area contributed by atoms with Gasteiger partial charge in [-0.2, -0.15) is 0 Å². The number of nitrogens with zero attached hydrogens (tertiary/aromatic N) is 4. The highest BCUT2D eigenvalue weighted by Crippen LogP contribution is 2.25. The molecule has 0 atom stereocenters. The monoisotopic (exact) mass is 234 g/mol. The molecule has 1 aromatic carbocycles. The molecule has 1 aromatic heterocycles. The van der Waals surface area contributed by atoms with E-state index >= 15 is 0 Å². The highest BCUT2D eigenvalue weighted by Gasteiger charge is 2.19. The Balaban J connectivity index is 2.40. The van der Waals surface area contributed by atoms with Gasteiger partial charge in [0.1, 0.15) is 0 Å². The van der Waals surface area contributed by atoms with Gasteiger partial charge in [0.05, 0.1) is 5.69 Å². The third-order valence-electron chi connectivity index (χ3n) is 2.05. The first-order valence-electron chi connectivity index (χ1n) is 4.86. The quantitative estimate of drug-likeness (QED) is 0.815. The molecule has 5 nitrogen and oxygen atoms in total. The normalized spacial score (nSPS) is 10.1. The fourth-order valence-corrected chi connectivity index (χ4v) is 1.82. The average molecular weight is 234 g/mol. The first-order valence-corrected chi connectivity index (χ1v) is 5.63. The first-order chi connectivity index (χ1) is 7.83. The van der Waals surface area contributed by atoms with E-state index in [2.05, 4.69) is 14.8 Å². The number of amides is 1. The van der Waals surface area contributed by atoms with Gasteiger partial charge in [-0.15, -0.1) is 0 Å². The second-order valence-electron chi connectivity index (χ2n) is 3.06. The van der Waals surface area contributed by atoms with Crippen LogP contribution in [0.2, 0.25) is 0 Å². The second-order valence-corrected chi connectivity index (χ2v) is 3.77. The van der Waals surface area contributed by atoms with Crippen molar-refractivity contribution in [3.8, 4) is 0 Å². The molecule has 0 aliphatic heterocycles. The Morgan fingerprint density at radius 3 is 2.69 bits per heavy atom. The molecule has 0 radical (unpaired) electrons. The van der Waals surface area contributed by atoms with Crippen LogP contribution in [0.5, 0.6) is 0 Å². The Labute approximate surface area is 96.9 Å². The van der Waals surface area contributed by atoms with Crippen LogP contribution < -0.4 is 4.90 Å². The molecular weight excluding hydrogens is 224 g/mol. The van der Waals surface area contributed by atoms with E-state index in [1.54, 1.807) is 0 Å². The number of para-hydroxylation sites is 1. The summed E-state index contributed by atoms with van der Waals surface area (Å²) in [5.41, 5.74) is 0.785. The maximum Gasteiger partial charge on any atom is 0.239 e. The van der Waals surface area contributed by atoms with Crippen molar-refractivity contribution >= 4 is 28.3 Å². The fourth-order valence-electron chi connectivity index (χ4n) is 1.31. The third-order valence-corrected chi connectivity index (χ3v) is 2.63. The minimum atomic E-state index is -0.0234. The number of hydrogen-bond acceptors (Lipinski definition) is 5. The van der Waals surface area contributed by atoms with Crippen LogP contribution in [0.1, 0.15) is 13.3 Å². The zero-order valence-corrected chi connectivity index (χ0v) is 9.52. The van der Waals surface area contributed by atoms with Crippen LogP contribution in [0.25, 0.3) is 0 Å². The molecule has 2 rings (SSSR count). The van der Waals surface area contributed by atoms with E-state index in [0.29, 0.717) is 11.6 Å². The van der Waals surface area contributed by atoms with E-state index in [-0.39, 0.29) is 5.91 Å². The van der Waals surface area contributed by atoms with Crippen LogP contribution in [-0.4, -0.2) is 20.7 Å². The standard InChI is InChI=1S/C10H10N4OS/c1-2-9(15)14(10-11-12-13-16-10)8-6-4-3-5-7-8/h3-7H,2H2,1H3. The zero-order valence-electron chi connectivity index (χ0n) is 8.70. The lowest BCUT2D eigenvalue weighted by atomic mass is 10.3. The highest BCUT2D eigenvalue weighted by molar-refractivity contribution is 7.09. The highest BCUT2D eigenvalue weighted by atomic mass is 32.1. The smallest absolute Gasteiger partial charge is 0.239 e. The average Bonchev–Trinajstić information content (AvgIpc) is 2.84. The predicted octanol–water partition coefficient (Wildman–Crippen LogP) is 2.01. The van der Waals surface area contributed by atoms with Crippen molar-refractivity contribution < 1.29 is 4.79 Å². The molecule has 0 saturated heterocycles. The van der Waals surface area contributed by atoms with E-state index in [4.69, 9.17) is 0 Å². The Kier molecular flexibility index (Phi) is 3.21. The minimum absolute atomic E-state index is 0.0234. The number of anilines is 2. The van der Waals surface area contributed by atoms with Crippen molar-refractivity contribution in [1.82, 2.24) is 14.8 Å². The van der Waals surface area contributed by atoms with Gasteiger partial charge >= 0.3 is 0 Å². The molecular formula is C10H10N4OS. The van der Waals surface area contributed by atoms with Gasteiger partial charge in [0.25, 0.3) is 0 Å². The van der Waals surface area contributed by atoms with Crippen LogP contribution in [0.4, 0.5) is 10.8 Å². The van der Waals surface area contributed by atoms with Crippen LogP contribution in [0.3, 0.4) is 0 Å². The molecule has 1 heterocycles. The van der Waals surface area contributed by atoms with Gasteiger partial charge in [0.15, 0.2) is 0 Å². The van der Waals surface area contributed by atoms with Gasteiger partial charge < -0.3 is 0 Å². The van der Waals surface area contributed by atoms with Crippen LogP contribution in [-0.2, 0) is 4.79 Å². The lowest BCUT2D eigenvalue weighted by Crippen LogP contribution is -2.24. The fraction of sp³-hybridized carbons (Fsp3) is 0.200. The molecule has 0 aliphatic carbocycles. The number of rotatable bonds is 3. The summed E-state index contributed by atoms with van der Waals surface area (Å²) in [4.78, 5) is 13.4. The van der Waals surface area contributed by atoms with Gasteiger partial charge in [-0.25, -0.2) is 0 Å². The summed E-state index contributed by atoms with van der Waals surface area (Å²) < 4.78 is 3.67. The third kappa shape index (κ3) is 2.06. The molecule has 6 heteroatoms. The summed E-state index contributed by atoms with van der Waals surface area (Å²) in [6.07, 6.45) is 0.411. The lowest BCUT2D eigenvalue weighted by molar-refractivity contribution is -0.117. The van der Waals surface area contributed by atoms with Crippen molar-refractivity contribution in [2.75, 3.05) is 4.90 Å². The molecule has 0 unspecified atom stereocenters. The molecule has 0 fully saturated rings. The van der Waals surface area contributed by atoms with E-state index in [1.807, 2.05) is 37.3 Å². The Hall–Kier alpha value is -1.82. The molecule has 0 bridgehead atoms. The van der Waals surface area contributed by atoms with Gasteiger partial charge in [-0.3, -0.25) is 9.69 Å². The molecule has 0 saturated carbocycles. The lowest BCUT2D eigenvalue weighted by Gasteiger charge is -2.17. The van der Waals surface area contributed by atoms with E-state index in [9.17, 15) is 4.79 Å². The topological polar surface area (TPSA) is 59.0 Å². The first kappa shape index (κ1) is 10.7. The largest absolute Gasteiger partial charge is 0.274 e. The van der Waals surface area contributed by atoms with Crippen molar-refractivity contribution in [3.63, 3.8) is 0 Å². The summed E-state index contributed by atoms with van der Waals surface area (Å²) in [5, 5.41) is 7.83. The van der Waals surface area contributed by atoms with Gasteiger partial charge in [0.2, 0.25) is 11.0 Å². The van der Waals surface area contributed by atoms with Crippen LogP contribution in [0, 0.1) is 0 Å². The molecule has 16 heavy (non-hydrogen) atoms. The van der Waals surface area contributed by atoms with E-state index < -0.39 is 0 Å². The molecule has 1 amide bonds. The van der Waals surface area contributed by atoms with Crippen LogP contribution >= 0.6 is 11.5 Å². The maximum atomic E-state index is 11.8. The SMILES string of the molecule is CCC(=O)N(c1ccccc1)c1nnns1. The van der Waals surface area contributed by atoms with E-state index in [0.717, 1.165) is 17.2 Å². The van der Waals surface area contributed by atoms with Crippen LogP contribution in [0.15, 0.2) is 30.3 Å². The summed E-state index contributed by atoms with van der Waals surface area (Å²) in [6, 6.07) is 9.36. The number of benzene rings is 1. The van der Waals surface area contributed by atoms with Crippen molar-refractivity contribution in [3.05, 3.63) is 30.3 Å². The zero-order chi connectivity index (χ0) is 11.4. The van der Waals surface area contributed by atoms with E-state index in [1.165, 1.54) is 4.90 Å². The van der Waals surface area contributed by atoms with Gasteiger partial charge in [-0.05, 0) is 17.3 Å². The van der Waals surface area contributed by atoms with Crippen molar-refractivity contribution in [1.29, 1.82) is 0 Å². The molecule has 0 spiro atoms. The number of carbonyl (C=O) groups excluding carboxylic acids is 1. The second kappa shape index (κ2) is 4.80. The van der Waals surface area contributed by atoms with Gasteiger partial charge in [-0.1, -0.05) is 34.7 Å². The number of carbonyl (C=O) groups is 1. The summed E-state index contributed by atoms with van der Waals surface area (Å²) in [7, 11) is 0.